The smallest absolute Gasteiger partial charge is 0.408 e. The third-order valence-corrected chi connectivity index (χ3v) is 3.39. The number of nitrogens with one attached hydrogen (secondary N) is 1. The highest BCUT2D eigenvalue weighted by Gasteiger charge is 2.11. The number of halogens is 2. The van der Waals surface area contributed by atoms with Crippen LogP contribution in [-0.4, -0.2) is 10.5 Å². The van der Waals surface area contributed by atoms with Crippen LogP contribution >= 0.6 is 27.5 Å². The van der Waals surface area contributed by atoms with E-state index in [1.807, 2.05) is 0 Å². The van der Waals surface area contributed by atoms with Gasteiger partial charge in [0.15, 0.2) is 5.58 Å². The molecule has 0 atom stereocenters. The average molecular weight is 320 g/mol. The third-order valence-electron chi connectivity index (χ3n) is 2.20. The Morgan fingerprint density at radius 3 is 2.94 bits per heavy atom. The number of carbonyl (C=O) groups is 1. The van der Waals surface area contributed by atoms with E-state index in [-0.39, 0.29) is 12.6 Å². The van der Waals surface area contributed by atoms with Crippen LogP contribution in [0.25, 0.3) is 11.1 Å². The Hall–Kier alpha value is -1.27. The number of nitrogens with zero attached hydrogens (tertiary/aromatic N) is 1. The first kappa shape index (κ1) is 12.2. The Kier molecular flexibility index (Phi) is 3.26. The molecule has 7 heteroatoms. The zero-order chi connectivity index (χ0) is 12.6. The Morgan fingerprint density at radius 1 is 1.59 bits per heavy atom. The Balaban J connectivity index is 2.54. The number of hydrogen-bond donors (Lipinski definition) is 1. The lowest BCUT2D eigenvalue weighted by atomic mass is 10.3. The van der Waals surface area contributed by atoms with Crippen molar-refractivity contribution in [3.8, 4) is 0 Å². The Morgan fingerprint density at radius 2 is 2.29 bits per heavy atom. The van der Waals surface area contributed by atoms with E-state index >= 15 is 0 Å². The van der Waals surface area contributed by atoms with Gasteiger partial charge in [0.1, 0.15) is 6.67 Å². The van der Waals surface area contributed by atoms with Crippen LogP contribution in [0.4, 0.5) is 0 Å². The highest BCUT2D eigenvalue weighted by Crippen LogP contribution is 2.27. The van der Waals surface area contributed by atoms with Gasteiger partial charge in [0.05, 0.1) is 10.5 Å². The third kappa shape index (κ3) is 2.37. The maximum Gasteiger partial charge on any atom is 0.421 e. The first-order valence-corrected chi connectivity index (χ1v) is 5.89. The summed E-state index contributed by atoms with van der Waals surface area (Å²) >= 11 is 9.18. The standard InChI is InChI=1S/C10H8BrClN2O3/c1-5(15)13-4-14-8-3-7(12)6(11)2-9(8)17-10(14)16/h2-3H,4H2,1H3,(H,13,15). The molecule has 17 heavy (non-hydrogen) atoms. The predicted molar refractivity (Wildman–Crippen MR) is 67.0 cm³/mol. The Labute approximate surface area is 109 Å². The summed E-state index contributed by atoms with van der Waals surface area (Å²) < 4.78 is 6.98. The van der Waals surface area contributed by atoms with Crippen LogP contribution in [0, 0.1) is 0 Å². The summed E-state index contributed by atoms with van der Waals surface area (Å²) in [5, 5.41) is 2.99. The number of benzene rings is 1. The van der Waals surface area contributed by atoms with E-state index in [2.05, 4.69) is 21.2 Å². The minimum absolute atomic E-state index is 0.0547. The zero-order valence-corrected chi connectivity index (χ0v) is 11.1. The molecule has 0 aliphatic rings. The molecule has 1 aromatic heterocycles. The topological polar surface area (TPSA) is 64.2 Å². The number of oxazole rings is 1. The molecule has 2 aromatic rings. The zero-order valence-electron chi connectivity index (χ0n) is 8.79. The number of rotatable bonds is 2. The average Bonchev–Trinajstić information content (AvgIpc) is 2.52. The molecule has 1 heterocycles. The lowest BCUT2D eigenvalue weighted by molar-refractivity contribution is -0.119. The molecule has 0 unspecified atom stereocenters. The minimum atomic E-state index is -0.539. The van der Waals surface area contributed by atoms with Crippen LogP contribution < -0.4 is 11.1 Å². The molecule has 90 valence electrons. The Bertz CT molecular complexity index is 647. The number of amides is 1. The minimum Gasteiger partial charge on any atom is -0.408 e. The van der Waals surface area contributed by atoms with E-state index < -0.39 is 5.76 Å². The second kappa shape index (κ2) is 4.54. The summed E-state index contributed by atoms with van der Waals surface area (Å²) in [6.45, 7) is 1.43. The van der Waals surface area contributed by atoms with Gasteiger partial charge in [-0.2, -0.15) is 0 Å². The molecule has 0 aliphatic heterocycles. The molecule has 2 rings (SSSR count). The highest BCUT2D eigenvalue weighted by atomic mass is 79.9. The van der Waals surface area contributed by atoms with Crippen molar-refractivity contribution in [2.75, 3.05) is 0 Å². The van der Waals surface area contributed by atoms with Crippen molar-refractivity contribution in [1.29, 1.82) is 0 Å². The predicted octanol–water partition coefficient (Wildman–Crippen LogP) is 2.10. The van der Waals surface area contributed by atoms with Crippen LogP contribution in [-0.2, 0) is 11.5 Å². The van der Waals surface area contributed by atoms with E-state index in [1.165, 1.54) is 11.5 Å². The lowest BCUT2D eigenvalue weighted by Gasteiger charge is -2.03. The van der Waals surface area contributed by atoms with E-state index in [0.717, 1.165) is 0 Å². The molecule has 0 bridgehead atoms. The quantitative estimate of drug-likeness (QED) is 0.922. The van der Waals surface area contributed by atoms with Crippen molar-refractivity contribution >= 4 is 44.5 Å². The van der Waals surface area contributed by atoms with Gasteiger partial charge >= 0.3 is 5.76 Å². The van der Waals surface area contributed by atoms with E-state index in [9.17, 15) is 9.59 Å². The van der Waals surface area contributed by atoms with Gasteiger partial charge in [-0.25, -0.2) is 4.79 Å². The van der Waals surface area contributed by atoms with E-state index in [4.69, 9.17) is 16.0 Å². The van der Waals surface area contributed by atoms with Gasteiger partial charge in [0.25, 0.3) is 0 Å². The molecular weight excluding hydrogens is 311 g/mol. The van der Waals surface area contributed by atoms with Crippen molar-refractivity contribution in [2.45, 2.75) is 13.6 Å². The first-order valence-electron chi connectivity index (χ1n) is 4.72. The van der Waals surface area contributed by atoms with Gasteiger partial charge in [0, 0.05) is 11.4 Å². The summed E-state index contributed by atoms with van der Waals surface area (Å²) in [6.07, 6.45) is 0. The molecule has 0 fully saturated rings. The number of carbonyl (C=O) groups excluding carboxylic acids is 1. The van der Waals surface area contributed by atoms with Crippen molar-refractivity contribution in [3.05, 3.63) is 32.2 Å². The highest BCUT2D eigenvalue weighted by molar-refractivity contribution is 9.10. The maximum atomic E-state index is 11.6. The molecule has 0 spiro atoms. The summed E-state index contributed by atoms with van der Waals surface area (Å²) in [5.41, 5.74) is 0.952. The summed E-state index contributed by atoms with van der Waals surface area (Å²) in [7, 11) is 0. The first-order chi connectivity index (χ1) is 7.99. The molecular formula is C10H8BrClN2O3. The molecule has 0 aliphatic carbocycles. The summed E-state index contributed by atoms with van der Waals surface area (Å²) in [5.74, 6) is -0.766. The van der Waals surface area contributed by atoms with Gasteiger partial charge < -0.3 is 9.73 Å². The van der Waals surface area contributed by atoms with Crippen LogP contribution in [0.5, 0.6) is 0 Å². The molecule has 0 saturated heterocycles. The number of fused-ring (bicyclic) bond motifs is 1. The monoisotopic (exact) mass is 318 g/mol. The largest absolute Gasteiger partial charge is 0.421 e. The number of hydrogen-bond acceptors (Lipinski definition) is 3. The van der Waals surface area contributed by atoms with Crippen molar-refractivity contribution < 1.29 is 9.21 Å². The lowest BCUT2D eigenvalue weighted by Crippen LogP contribution is -2.28. The van der Waals surface area contributed by atoms with Gasteiger partial charge in [-0.05, 0) is 28.1 Å². The van der Waals surface area contributed by atoms with Gasteiger partial charge in [0.2, 0.25) is 5.91 Å². The molecule has 0 radical (unpaired) electrons. The molecule has 5 nitrogen and oxygen atoms in total. The van der Waals surface area contributed by atoms with Crippen molar-refractivity contribution in [1.82, 2.24) is 9.88 Å². The van der Waals surface area contributed by atoms with Crippen LogP contribution in [0.1, 0.15) is 6.92 Å². The molecule has 1 N–H and O–H groups in total. The van der Waals surface area contributed by atoms with Crippen molar-refractivity contribution in [2.24, 2.45) is 0 Å². The fraction of sp³-hybridized carbons (Fsp3) is 0.200. The van der Waals surface area contributed by atoms with Gasteiger partial charge in [-0.3, -0.25) is 9.36 Å². The van der Waals surface area contributed by atoms with Gasteiger partial charge in [-0.15, -0.1) is 0 Å². The van der Waals surface area contributed by atoms with E-state index in [0.29, 0.717) is 20.6 Å². The molecule has 1 aromatic carbocycles. The fourth-order valence-electron chi connectivity index (χ4n) is 1.40. The van der Waals surface area contributed by atoms with Crippen LogP contribution in [0.2, 0.25) is 5.02 Å². The summed E-state index contributed by atoms with van der Waals surface area (Å²) in [6, 6.07) is 3.22. The van der Waals surface area contributed by atoms with Crippen molar-refractivity contribution in [3.63, 3.8) is 0 Å². The van der Waals surface area contributed by atoms with E-state index in [1.54, 1.807) is 12.1 Å². The molecule has 0 saturated carbocycles. The second-order valence-corrected chi connectivity index (χ2v) is 4.68. The number of aromatic nitrogens is 1. The normalized spacial score (nSPS) is 10.8. The van der Waals surface area contributed by atoms with Crippen LogP contribution in [0.15, 0.2) is 25.8 Å². The SMILES string of the molecule is CC(=O)NCn1c(=O)oc2cc(Br)c(Cl)cc21. The van der Waals surface area contributed by atoms with Gasteiger partial charge in [-0.1, -0.05) is 11.6 Å². The maximum absolute atomic E-state index is 11.6. The second-order valence-electron chi connectivity index (χ2n) is 3.42. The summed E-state index contributed by atoms with van der Waals surface area (Å²) in [4.78, 5) is 22.4. The molecule has 1 amide bonds. The fourth-order valence-corrected chi connectivity index (χ4v) is 1.88. The van der Waals surface area contributed by atoms with Crippen LogP contribution in [0.3, 0.4) is 0 Å².